The highest BCUT2D eigenvalue weighted by Crippen LogP contribution is 2.46. The lowest BCUT2D eigenvalue weighted by molar-refractivity contribution is -0.338. The van der Waals surface area contributed by atoms with Gasteiger partial charge in [0.25, 0.3) is 0 Å². The Morgan fingerprint density at radius 1 is 0.860 bits per heavy atom. The van der Waals surface area contributed by atoms with Crippen molar-refractivity contribution in [3.63, 3.8) is 0 Å². The molecule has 2 aromatic carbocycles. The molecule has 10 atom stereocenters. The first kappa shape index (κ1) is 31.1. The molecule has 2 aliphatic heterocycles. The molecule has 234 valence electrons. The highest BCUT2D eigenvalue weighted by atomic mass is 16.7. The number of aliphatic hydroxyl groups excluding tert-OH is 6. The maximum Gasteiger partial charge on any atom is 0.197 e. The average Bonchev–Trinajstić information content (AvgIpc) is 3.00. The van der Waals surface area contributed by atoms with E-state index in [2.05, 4.69) is 0 Å². The summed E-state index contributed by atoms with van der Waals surface area (Å²) in [4.78, 5) is 13.3. The standard InChI is InChI=1S/C29H34O14/c1-11-21(32)24(35)26(37)29(40-11)43-28-25(36)22(33)18(10-30)42-27(28)20-16(39-3)9-17-19(23(20)34)14(31)8-15(41-17)12-4-6-13(38-2)7-5-12/h4-9,11,18,21-22,24-30,32-37H,10H2,1-3H3/t11-,18-,21-,22-,24+,25+,26+,27+,28-,29+/m1/s1. The molecule has 0 saturated carbocycles. The number of methoxy groups -OCH3 is 2. The molecule has 14 nitrogen and oxygen atoms in total. The predicted octanol–water partition coefficient (Wildman–Crippen LogP) is -0.451. The summed E-state index contributed by atoms with van der Waals surface area (Å²) in [5.74, 6) is 0.0894. The first-order valence-electron chi connectivity index (χ1n) is 13.5. The van der Waals surface area contributed by atoms with Crippen molar-refractivity contribution in [3.05, 3.63) is 52.2 Å². The molecule has 3 aromatic rings. The molecule has 0 unspecified atom stereocenters. The normalized spacial score (nSPS) is 33.0. The number of phenols is 1. The van der Waals surface area contributed by atoms with Gasteiger partial charge in [-0.15, -0.1) is 0 Å². The second-order valence-corrected chi connectivity index (χ2v) is 10.5. The smallest absolute Gasteiger partial charge is 0.197 e. The number of hydrogen-bond donors (Lipinski definition) is 7. The number of hydrogen-bond acceptors (Lipinski definition) is 14. The van der Waals surface area contributed by atoms with Gasteiger partial charge in [-0.1, -0.05) is 0 Å². The van der Waals surface area contributed by atoms with E-state index in [1.54, 1.807) is 24.3 Å². The van der Waals surface area contributed by atoms with E-state index in [0.717, 1.165) is 0 Å². The summed E-state index contributed by atoms with van der Waals surface area (Å²) >= 11 is 0. The third-order valence-electron chi connectivity index (χ3n) is 7.84. The van der Waals surface area contributed by atoms with Crippen molar-refractivity contribution in [2.24, 2.45) is 0 Å². The first-order valence-corrected chi connectivity index (χ1v) is 13.5. The van der Waals surface area contributed by atoms with E-state index in [9.17, 15) is 40.5 Å². The summed E-state index contributed by atoms with van der Waals surface area (Å²) in [6.45, 7) is 0.686. The van der Waals surface area contributed by atoms with Crippen LogP contribution in [0.1, 0.15) is 18.6 Å². The van der Waals surface area contributed by atoms with Crippen LogP contribution in [0.2, 0.25) is 0 Å². The Labute approximate surface area is 244 Å². The van der Waals surface area contributed by atoms with Crippen molar-refractivity contribution in [3.8, 4) is 28.6 Å². The topological polar surface area (TPSA) is 218 Å². The zero-order valence-electron chi connectivity index (χ0n) is 23.4. The number of aliphatic hydroxyl groups is 6. The molecule has 5 rings (SSSR count). The van der Waals surface area contributed by atoms with Gasteiger partial charge in [0.15, 0.2) is 11.7 Å². The van der Waals surface area contributed by atoms with E-state index in [1.165, 1.54) is 33.3 Å². The summed E-state index contributed by atoms with van der Waals surface area (Å²) in [6.07, 6.45) is -15.5. The van der Waals surface area contributed by atoms with Gasteiger partial charge in [-0.3, -0.25) is 4.79 Å². The lowest BCUT2D eigenvalue weighted by atomic mass is 9.89. The van der Waals surface area contributed by atoms with Crippen LogP contribution in [0.5, 0.6) is 17.2 Å². The minimum atomic E-state index is -1.79. The highest BCUT2D eigenvalue weighted by molar-refractivity contribution is 5.88. The number of aromatic hydroxyl groups is 1. The van der Waals surface area contributed by atoms with E-state index in [1.807, 2.05) is 0 Å². The van der Waals surface area contributed by atoms with Gasteiger partial charge < -0.3 is 63.8 Å². The molecule has 0 bridgehead atoms. The minimum Gasteiger partial charge on any atom is -0.506 e. The van der Waals surface area contributed by atoms with E-state index in [4.69, 9.17) is 28.1 Å². The van der Waals surface area contributed by atoms with Crippen LogP contribution in [-0.4, -0.2) is 112 Å². The Morgan fingerprint density at radius 3 is 2.19 bits per heavy atom. The average molecular weight is 607 g/mol. The summed E-state index contributed by atoms with van der Waals surface area (Å²) in [5, 5.41) is 73.6. The summed E-state index contributed by atoms with van der Waals surface area (Å²) in [7, 11) is 2.79. The second kappa shape index (κ2) is 12.4. The molecule has 1 aromatic heterocycles. The minimum absolute atomic E-state index is 0.0408. The van der Waals surface area contributed by atoms with Crippen LogP contribution in [0.3, 0.4) is 0 Å². The van der Waals surface area contributed by atoms with Gasteiger partial charge in [0.1, 0.15) is 82.8 Å². The van der Waals surface area contributed by atoms with E-state index in [-0.39, 0.29) is 28.0 Å². The summed E-state index contributed by atoms with van der Waals surface area (Å²) in [6, 6.07) is 9.26. The monoisotopic (exact) mass is 606 g/mol. The number of benzene rings is 2. The van der Waals surface area contributed by atoms with Crippen molar-refractivity contribution in [1.82, 2.24) is 0 Å². The van der Waals surface area contributed by atoms with Gasteiger partial charge in [-0.2, -0.15) is 0 Å². The van der Waals surface area contributed by atoms with Gasteiger partial charge in [0, 0.05) is 17.7 Å². The Bertz CT molecular complexity index is 1490. The maximum absolute atomic E-state index is 13.3. The van der Waals surface area contributed by atoms with Crippen molar-refractivity contribution in [2.75, 3.05) is 20.8 Å². The highest BCUT2D eigenvalue weighted by Gasteiger charge is 2.51. The molecule has 0 aliphatic carbocycles. The Hall–Kier alpha value is -3.31. The predicted molar refractivity (Wildman–Crippen MR) is 147 cm³/mol. The van der Waals surface area contributed by atoms with Gasteiger partial charge in [-0.25, -0.2) is 0 Å². The van der Waals surface area contributed by atoms with Crippen LogP contribution in [0.15, 0.2) is 45.6 Å². The number of fused-ring (bicyclic) bond motifs is 1. The molecule has 0 amide bonds. The Morgan fingerprint density at radius 2 is 1.56 bits per heavy atom. The lowest BCUT2D eigenvalue weighted by Gasteiger charge is -2.46. The quantitative estimate of drug-likeness (QED) is 0.181. The molecule has 43 heavy (non-hydrogen) atoms. The van der Waals surface area contributed by atoms with Crippen molar-refractivity contribution < 1.29 is 63.8 Å². The first-order chi connectivity index (χ1) is 20.5. The molecule has 7 N–H and O–H groups in total. The molecule has 0 radical (unpaired) electrons. The van der Waals surface area contributed by atoms with Crippen LogP contribution in [0.25, 0.3) is 22.3 Å². The zero-order chi connectivity index (χ0) is 31.2. The third-order valence-corrected chi connectivity index (χ3v) is 7.84. The molecule has 2 aliphatic rings. The molecular weight excluding hydrogens is 572 g/mol. The number of phenolic OH excluding ortho intramolecular Hbond substituents is 1. The van der Waals surface area contributed by atoms with Crippen LogP contribution < -0.4 is 14.9 Å². The molecular formula is C29H34O14. The van der Waals surface area contributed by atoms with E-state index < -0.39 is 79.0 Å². The van der Waals surface area contributed by atoms with Crippen LogP contribution >= 0.6 is 0 Å². The molecule has 14 heteroatoms. The maximum atomic E-state index is 13.3. The van der Waals surface area contributed by atoms with Gasteiger partial charge >= 0.3 is 0 Å². The SMILES string of the molecule is COc1ccc(-c2cc(=O)c3c(O)c([C@@H]4O[C@H](CO)[C@@H](O)[C@H](O)[C@H]4O[C@@H]4O[C@H](C)[C@@H](O)[C@H](O)[C@@H]4O)c(OC)cc3o2)cc1. The lowest BCUT2D eigenvalue weighted by Crippen LogP contribution is -2.61. The van der Waals surface area contributed by atoms with Crippen LogP contribution in [-0.2, 0) is 14.2 Å². The molecule has 2 saturated heterocycles. The fourth-order valence-corrected chi connectivity index (χ4v) is 5.39. The van der Waals surface area contributed by atoms with Gasteiger partial charge in [0.2, 0.25) is 0 Å². The summed E-state index contributed by atoms with van der Waals surface area (Å²) in [5.41, 5.74) is -0.298. The van der Waals surface area contributed by atoms with E-state index >= 15 is 0 Å². The number of ether oxygens (including phenoxy) is 5. The van der Waals surface area contributed by atoms with Crippen molar-refractivity contribution in [1.29, 1.82) is 0 Å². The van der Waals surface area contributed by atoms with Crippen LogP contribution in [0.4, 0.5) is 0 Å². The third kappa shape index (κ3) is 5.57. The van der Waals surface area contributed by atoms with Crippen molar-refractivity contribution in [2.45, 2.75) is 68.1 Å². The molecule has 3 heterocycles. The van der Waals surface area contributed by atoms with Crippen molar-refractivity contribution >= 4 is 11.0 Å². The zero-order valence-corrected chi connectivity index (χ0v) is 23.4. The second-order valence-electron chi connectivity index (χ2n) is 10.5. The van der Waals surface area contributed by atoms with Crippen LogP contribution in [0, 0.1) is 0 Å². The largest absolute Gasteiger partial charge is 0.506 e. The fraction of sp³-hybridized carbons (Fsp3) is 0.483. The fourth-order valence-electron chi connectivity index (χ4n) is 5.39. The van der Waals surface area contributed by atoms with Gasteiger partial charge in [0.05, 0.1) is 32.5 Å². The molecule has 2 fully saturated rings. The molecule has 0 spiro atoms. The Kier molecular flexibility index (Phi) is 8.94. The Balaban J connectivity index is 1.60. The van der Waals surface area contributed by atoms with E-state index in [0.29, 0.717) is 11.3 Å². The number of rotatable bonds is 7. The summed E-state index contributed by atoms with van der Waals surface area (Å²) < 4.78 is 33.8. The van der Waals surface area contributed by atoms with Gasteiger partial charge in [-0.05, 0) is 31.2 Å².